The van der Waals surface area contributed by atoms with Crippen molar-refractivity contribution >= 4 is 38.4 Å². The lowest BCUT2D eigenvalue weighted by atomic mass is 9.86. The van der Waals surface area contributed by atoms with Crippen LogP contribution >= 0.6 is 11.3 Å². The highest BCUT2D eigenvalue weighted by atomic mass is 32.1. The molecule has 2 N–H and O–H groups in total. The Morgan fingerprint density at radius 2 is 1.97 bits per heavy atom. The van der Waals surface area contributed by atoms with Gasteiger partial charge < -0.3 is 14.9 Å². The molecular formula is C29H32N2O4S. The molecule has 1 aliphatic carbocycles. The quantitative estimate of drug-likeness (QED) is 0.333. The van der Waals surface area contributed by atoms with Gasteiger partial charge in [-0.15, -0.1) is 11.3 Å². The van der Waals surface area contributed by atoms with Crippen molar-refractivity contribution in [2.75, 3.05) is 6.61 Å². The summed E-state index contributed by atoms with van der Waals surface area (Å²) in [4.78, 5) is 21.5. The van der Waals surface area contributed by atoms with E-state index in [9.17, 15) is 9.90 Å². The lowest BCUT2D eigenvalue weighted by Gasteiger charge is -2.22. The highest BCUT2D eigenvalue weighted by molar-refractivity contribution is 7.19. The molecule has 1 saturated carbocycles. The smallest absolute Gasteiger partial charge is 0.307 e. The number of ether oxygens (including phenoxy) is 1. The number of carboxylic acids is 1. The van der Waals surface area contributed by atoms with Crippen molar-refractivity contribution in [3.63, 3.8) is 0 Å². The van der Waals surface area contributed by atoms with Crippen LogP contribution in [0.25, 0.3) is 32.2 Å². The highest BCUT2D eigenvalue weighted by Gasteiger charge is 2.27. The molecule has 2 aromatic carbocycles. The third-order valence-electron chi connectivity index (χ3n) is 6.65. The summed E-state index contributed by atoms with van der Waals surface area (Å²) in [6, 6.07) is 8.16. The lowest BCUT2D eigenvalue weighted by Crippen LogP contribution is -2.10. The minimum atomic E-state index is -0.827. The zero-order valence-corrected chi connectivity index (χ0v) is 22.0. The maximum Gasteiger partial charge on any atom is 0.307 e. The van der Waals surface area contributed by atoms with Crippen molar-refractivity contribution < 1.29 is 19.7 Å². The number of pyridine rings is 1. The fourth-order valence-corrected chi connectivity index (χ4v) is 6.15. The first-order chi connectivity index (χ1) is 17.1. The number of aromatic nitrogens is 2. The Kier molecular flexibility index (Phi) is 6.47. The molecule has 0 amide bonds. The van der Waals surface area contributed by atoms with Crippen LogP contribution in [0.3, 0.4) is 0 Å². The molecule has 36 heavy (non-hydrogen) atoms. The Balaban J connectivity index is 0.000000489. The van der Waals surface area contributed by atoms with E-state index in [4.69, 9.17) is 19.8 Å². The van der Waals surface area contributed by atoms with Crippen LogP contribution in [0.4, 0.5) is 0 Å². The summed E-state index contributed by atoms with van der Waals surface area (Å²) in [5, 5.41) is 20.4. The predicted molar refractivity (Wildman–Crippen MR) is 144 cm³/mol. The minimum absolute atomic E-state index is 0.0206. The molecule has 3 heterocycles. The fourth-order valence-electron chi connectivity index (χ4n) is 4.85. The van der Waals surface area contributed by atoms with Gasteiger partial charge in [0.25, 0.3) is 0 Å². The third-order valence-corrected chi connectivity index (χ3v) is 7.90. The molecule has 6 nitrogen and oxygen atoms in total. The average molecular weight is 505 g/mol. The van der Waals surface area contributed by atoms with Crippen molar-refractivity contribution in [2.24, 2.45) is 0 Å². The van der Waals surface area contributed by atoms with Crippen LogP contribution in [0.1, 0.15) is 67.6 Å². The predicted octanol–water partition coefficient (Wildman–Crippen LogP) is 6.43. The Morgan fingerprint density at radius 3 is 2.64 bits per heavy atom. The van der Waals surface area contributed by atoms with Gasteiger partial charge in [0.2, 0.25) is 0 Å². The maximum atomic E-state index is 11.8. The minimum Gasteiger partial charge on any atom is -0.493 e. The molecule has 2 aliphatic rings. The van der Waals surface area contributed by atoms with Crippen molar-refractivity contribution in [2.45, 2.75) is 71.3 Å². The molecule has 0 radical (unpaired) electrons. The van der Waals surface area contributed by atoms with Gasteiger partial charge in [0, 0.05) is 35.0 Å². The monoisotopic (exact) mass is 504 g/mol. The summed E-state index contributed by atoms with van der Waals surface area (Å²) in [5.74, 6) is 0.569. The Hall–Kier alpha value is -3.03. The number of carboxylic acid groups (broad SMARTS) is 1. The van der Waals surface area contributed by atoms with E-state index in [0.717, 1.165) is 55.5 Å². The number of fused-ring (bicyclic) bond motifs is 1. The number of carbonyl (C=O) groups is 1. The van der Waals surface area contributed by atoms with E-state index < -0.39 is 11.6 Å². The van der Waals surface area contributed by atoms with Crippen LogP contribution < -0.4 is 4.74 Å². The van der Waals surface area contributed by atoms with Crippen molar-refractivity contribution in [1.82, 2.24) is 9.97 Å². The zero-order valence-electron chi connectivity index (χ0n) is 21.2. The summed E-state index contributed by atoms with van der Waals surface area (Å²) < 4.78 is 6.98. The lowest BCUT2D eigenvalue weighted by molar-refractivity contribution is -0.136. The summed E-state index contributed by atoms with van der Waals surface area (Å²) >= 11 is 1.73. The molecule has 0 spiro atoms. The van der Waals surface area contributed by atoms with E-state index in [1.54, 1.807) is 32.1 Å². The second-order valence-electron chi connectivity index (χ2n) is 10.7. The number of aliphatic hydroxyl groups is 1. The number of aliphatic carboxylic acids is 1. The van der Waals surface area contributed by atoms with Crippen LogP contribution in [-0.4, -0.2) is 38.4 Å². The van der Waals surface area contributed by atoms with Crippen LogP contribution in [-0.2, 0) is 17.6 Å². The molecule has 4 aromatic rings. The van der Waals surface area contributed by atoms with Crippen molar-refractivity contribution in [3.05, 3.63) is 52.2 Å². The first-order valence-electron chi connectivity index (χ1n) is 12.5. The number of aryl methyl sites for hydroxylation is 1. The van der Waals surface area contributed by atoms with Gasteiger partial charge in [0.1, 0.15) is 5.75 Å². The number of hydrogen-bond donors (Lipinski definition) is 2. The van der Waals surface area contributed by atoms with Gasteiger partial charge in [0.05, 0.1) is 39.4 Å². The van der Waals surface area contributed by atoms with E-state index in [2.05, 4.69) is 12.1 Å². The topological polar surface area (TPSA) is 92.5 Å². The largest absolute Gasteiger partial charge is 0.493 e. The third kappa shape index (κ3) is 4.82. The number of benzene rings is 2. The normalized spacial score (nSPS) is 15.2. The molecule has 7 heteroatoms. The van der Waals surface area contributed by atoms with Crippen LogP contribution in [0.15, 0.2) is 30.5 Å². The molecule has 2 aromatic heterocycles. The Labute approximate surface area is 215 Å². The molecule has 0 unspecified atom stereocenters. The average Bonchev–Trinajstić information content (AvgIpc) is 3.15. The van der Waals surface area contributed by atoms with Gasteiger partial charge in [0.15, 0.2) is 0 Å². The van der Waals surface area contributed by atoms with Crippen molar-refractivity contribution in [1.29, 1.82) is 0 Å². The van der Waals surface area contributed by atoms with Gasteiger partial charge in [-0.05, 0) is 81.5 Å². The molecule has 0 atom stereocenters. The van der Waals surface area contributed by atoms with Crippen LogP contribution in [0.5, 0.6) is 5.75 Å². The first kappa shape index (κ1) is 24.7. The first-order valence-corrected chi connectivity index (χ1v) is 13.3. The van der Waals surface area contributed by atoms with Gasteiger partial charge in [-0.3, -0.25) is 9.78 Å². The summed E-state index contributed by atoms with van der Waals surface area (Å²) in [7, 11) is 0. The summed E-state index contributed by atoms with van der Waals surface area (Å²) in [5.41, 5.74) is 6.34. The number of rotatable bonds is 4. The van der Waals surface area contributed by atoms with Gasteiger partial charge >= 0.3 is 5.97 Å². The summed E-state index contributed by atoms with van der Waals surface area (Å²) in [6.45, 7) is 7.89. The standard InChI is InChI=1S/C25H22N2O3S.C4H10O/c1-13-11-18-24(31-25(27-18)15-3-2-4-15)22(17(13)12-20(28)29)16-5-6-19-21-14(8-10-30-19)7-9-26-23(16)21;1-4(2,3)5/h5-7,9,11,15H,2-4,8,10,12H2,1H3,(H,28,29);5H,1-3H3. The molecule has 0 saturated heterocycles. The molecule has 1 aliphatic heterocycles. The van der Waals surface area contributed by atoms with Gasteiger partial charge in [-0.1, -0.05) is 6.42 Å². The molecule has 0 bridgehead atoms. The number of hydrogen-bond acceptors (Lipinski definition) is 6. The van der Waals surface area contributed by atoms with E-state index in [0.29, 0.717) is 12.5 Å². The Bertz CT molecular complexity index is 1450. The maximum absolute atomic E-state index is 11.8. The van der Waals surface area contributed by atoms with Gasteiger partial charge in [-0.25, -0.2) is 4.98 Å². The van der Waals surface area contributed by atoms with Gasteiger partial charge in [-0.2, -0.15) is 0 Å². The number of thiazole rings is 1. The fraction of sp³-hybridized carbons (Fsp3) is 0.414. The summed E-state index contributed by atoms with van der Waals surface area (Å²) in [6.07, 6.45) is 6.33. The molecule has 1 fully saturated rings. The van der Waals surface area contributed by atoms with E-state index in [1.807, 2.05) is 25.3 Å². The van der Waals surface area contributed by atoms with Crippen LogP contribution in [0, 0.1) is 6.92 Å². The van der Waals surface area contributed by atoms with E-state index in [1.165, 1.54) is 29.8 Å². The second kappa shape index (κ2) is 9.45. The van der Waals surface area contributed by atoms with Crippen molar-refractivity contribution in [3.8, 4) is 16.9 Å². The zero-order chi connectivity index (χ0) is 25.6. The second-order valence-corrected chi connectivity index (χ2v) is 11.8. The molecular weight excluding hydrogens is 472 g/mol. The SMILES string of the molecule is CC(C)(C)O.Cc1cc2nc(C3CCC3)sc2c(-c2ccc3c4c(ccnc24)CCO3)c1CC(=O)O. The number of nitrogens with zero attached hydrogens (tertiary/aromatic N) is 2. The highest BCUT2D eigenvalue weighted by Crippen LogP contribution is 2.46. The van der Waals surface area contributed by atoms with E-state index >= 15 is 0 Å². The van der Waals surface area contributed by atoms with E-state index in [-0.39, 0.29) is 6.42 Å². The van der Waals surface area contributed by atoms with Crippen LogP contribution in [0.2, 0.25) is 0 Å². The molecule has 188 valence electrons. The Morgan fingerprint density at radius 1 is 1.22 bits per heavy atom. The molecule has 6 rings (SSSR count).